The van der Waals surface area contributed by atoms with Gasteiger partial charge in [-0.1, -0.05) is 44.5 Å². The number of halogens is 1. The van der Waals surface area contributed by atoms with E-state index in [2.05, 4.69) is 10.6 Å². The molecule has 0 unspecified atom stereocenters. The SMILES string of the molecule is CC[C@H]1OC(=O)[C@H](C)[C@@H](O[C@H]2C[C@@](C)(OC)[C@](O)(CNCCNC(=O)CCc3nc4c(o3)-c3cc(Cl)ccc3Oc3ccccc3-4)[C@H](C)O2)[C@H](C)[C@@H](O[C@@H]2O[C@H](C)C[C@H](N(C)C)[C@H]2O)[C@](C)(O)C[C@@H](C)CN(C)[C@H](C)[C@@H](O)[C@]1(C)O. The van der Waals surface area contributed by atoms with Gasteiger partial charge in [-0.05, 0) is 125 Å². The van der Waals surface area contributed by atoms with Gasteiger partial charge in [0.05, 0.1) is 41.5 Å². The molecule has 2 aromatic carbocycles. The average molecular weight is 1140 g/mol. The quantitative estimate of drug-likeness (QED) is 0.0557. The van der Waals surface area contributed by atoms with Gasteiger partial charge in [-0.2, -0.15) is 0 Å². The lowest BCUT2D eigenvalue weighted by Gasteiger charge is -2.53. The highest BCUT2D eigenvalue weighted by atomic mass is 35.5. The van der Waals surface area contributed by atoms with Crippen LogP contribution in [0.4, 0.5) is 0 Å². The molecule has 18 atom stereocenters. The van der Waals surface area contributed by atoms with E-state index < -0.39 is 95.5 Å². The van der Waals surface area contributed by atoms with Gasteiger partial charge in [0, 0.05) is 81.1 Å². The summed E-state index contributed by atoms with van der Waals surface area (Å²) in [6.45, 7) is 18.4. The first-order valence-electron chi connectivity index (χ1n) is 28.4. The number of aliphatic hydroxyl groups excluding tert-OH is 2. The van der Waals surface area contributed by atoms with E-state index in [4.69, 9.17) is 54.2 Å². The van der Waals surface area contributed by atoms with Crippen molar-refractivity contribution in [3.63, 3.8) is 0 Å². The maximum absolute atomic E-state index is 14.6. The normalized spacial score (nSPS) is 37.5. The van der Waals surface area contributed by atoms with Crippen molar-refractivity contribution in [3.05, 3.63) is 53.4 Å². The Bertz CT molecular complexity index is 2570. The standard InChI is InChI=1S/C59H90ClN5O15/c1-15-44-58(10,71)52(68)36(6)65(13)30-32(2)28-56(8,70)53(80-55-49(67)41(64(11)12)26-33(3)74-55)34(4)50(35(5)54(69)77-44)79-47-29-57(9,73-14)59(72,37(7)75-47)31-61-24-25-62-45(66)22-23-46-63-48-39-18-16-17-19-42(39)76-43-21-20-38(60)27-40(43)51(48)78-46/h16-21,27,32-37,41,44,47,49-50,52-53,55,61,67-68,70-72H,15,22-26,28-31H2,1-14H3,(H,62,66)/t32-,33-,34+,35-,36-,37+,41+,44-,47+,49-,50+,52-,53-,55+,56-,57-,58-,59+/m1/s1. The van der Waals surface area contributed by atoms with Gasteiger partial charge in [-0.15, -0.1) is 0 Å². The van der Waals surface area contributed by atoms with E-state index in [1.165, 1.54) is 14.0 Å². The molecule has 3 aromatic rings. The van der Waals surface area contributed by atoms with E-state index in [1.54, 1.807) is 66.7 Å². The number of aromatic nitrogens is 1. The lowest BCUT2D eigenvalue weighted by Crippen LogP contribution is -2.70. The Hall–Kier alpha value is -3.84. The fourth-order valence-electron chi connectivity index (χ4n) is 12.5. The summed E-state index contributed by atoms with van der Waals surface area (Å²) in [6, 6.07) is 11.9. The molecule has 4 aliphatic heterocycles. The van der Waals surface area contributed by atoms with Crippen molar-refractivity contribution in [3.8, 4) is 34.1 Å². The molecule has 1 aromatic heterocycles. The Labute approximate surface area is 477 Å². The van der Waals surface area contributed by atoms with Crippen molar-refractivity contribution < 1.29 is 72.7 Å². The zero-order valence-corrected chi connectivity index (χ0v) is 50.0. The number of esters is 1. The summed E-state index contributed by atoms with van der Waals surface area (Å²) in [5, 5.41) is 67.5. The third-order valence-electron chi connectivity index (χ3n) is 17.5. The molecule has 4 aliphatic rings. The molecule has 3 fully saturated rings. The van der Waals surface area contributed by atoms with Crippen LogP contribution in [0.15, 0.2) is 46.9 Å². The predicted molar refractivity (Wildman–Crippen MR) is 300 cm³/mol. The Morgan fingerprint density at radius 2 is 1.65 bits per heavy atom. The maximum atomic E-state index is 14.6. The molecule has 5 heterocycles. The predicted octanol–water partition coefficient (Wildman–Crippen LogP) is 5.69. The van der Waals surface area contributed by atoms with Gasteiger partial charge in [0.2, 0.25) is 5.91 Å². The fraction of sp³-hybridized carbons (Fsp3) is 0.712. The van der Waals surface area contributed by atoms with Crippen molar-refractivity contribution in [2.24, 2.45) is 17.8 Å². The van der Waals surface area contributed by atoms with Gasteiger partial charge in [-0.25, -0.2) is 4.98 Å². The van der Waals surface area contributed by atoms with E-state index in [9.17, 15) is 35.1 Å². The number of likely N-dealkylation sites (N-methyl/N-ethyl adjacent to an activating group) is 2. The highest BCUT2D eigenvalue weighted by Crippen LogP contribution is 2.48. The van der Waals surface area contributed by atoms with Crippen LogP contribution < -0.4 is 15.4 Å². The molecule has 3 saturated heterocycles. The smallest absolute Gasteiger partial charge is 0.311 e. The lowest BCUT2D eigenvalue weighted by molar-refractivity contribution is -0.336. The van der Waals surface area contributed by atoms with E-state index in [1.807, 2.05) is 69.1 Å². The first-order valence-corrected chi connectivity index (χ1v) is 28.7. The average Bonchev–Trinajstić information content (AvgIpc) is 3.78. The number of fused-ring (bicyclic) bond motifs is 5. The first-order chi connectivity index (χ1) is 37.5. The number of cyclic esters (lactones) is 1. The number of rotatable bonds is 15. The molecular formula is C59H90ClN5O15. The number of nitrogens with zero attached hydrogens (tertiary/aromatic N) is 3. The van der Waals surface area contributed by atoms with Crippen molar-refractivity contribution in [2.45, 2.75) is 198 Å². The van der Waals surface area contributed by atoms with Crippen LogP contribution in [0.25, 0.3) is 22.6 Å². The highest BCUT2D eigenvalue weighted by molar-refractivity contribution is 6.31. The number of oxazole rings is 1. The Morgan fingerprint density at radius 1 is 0.950 bits per heavy atom. The summed E-state index contributed by atoms with van der Waals surface area (Å²) >= 11 is 6.38. The minimum atomic E-state index is -1.87. The monoisotopic (exact) mass is 1140 g/mol. The third-order valence-corrected chi connectivity index (χ3v) is 17.7. The van der Waals surface area contributed by atoms with Gasteiger partial charge >= 0.3 is 5.97 Å². The highest BCUT2D eigenvalue weighted by Gasteiger charge is 2.58. The fourth-order valence-corrected chi connectivity index (χ4v) is 12.7. The summed E-state index contributed by atoms with van der Waals surface area (Å²) < 4.78 is 51.4. The number of benzene rings is 2. The number of methoxy groups -OCH3 is 1. The number of aryl methyl sites for hydroxylation is 1. The second kappa shape index (κ2) is 26.0. The van der Waals surface area contributed by atoms with Gasteiger partial charge in [0.25, 0.3) is 0 Å². The molecule has 448 valence electrons. The van der Waals surface area contributed by atoms with Crippen molar-refractivity contribution >= 4 is 23.5 Å². The van der Waals surface area contributed by atoms with E-state index >= 15 is 0 Å². The topological polar surface area (TPSA) is 256 Å². The van der Waals surface area contributed by atoms with E-state index in [0.717, 1.165) is 5.56 Å². The minimum absolute atomic E-state index is 0.00670. The van der Waals surface area contributed by atoms with Gasteiger partial charge in [0.15, 0.2) is 24.2 Å². The lowest BCUT2D eigenvalue weighted by atomic mass is 9.75. The molecule has 0 saturated carbocycles. The van der Waals surface area contributed by atoms with Gasteiger partial charge in [-0.3, -0.25) is 9.59 Å². The molecular weight excluding hydrogens is 1050 g/mol. The summed E-state index contributed by atoms with van der Waals surface area (Å²) in [6.07, 6.45) is -8.16. The zero-order chi connectivity index (χ0) is 58.8. The maximum Gasteiger partial charge on any atom is 0.311 e. The molecule has 21 heteroatoms. The summed E-state index contributed by atoms with van der Waals surface area (Å²) in [4.78, 5) is 36.4. The molecule has 20 nitrogen and oxygen atoms in total. The molecule has 7 N–H and O–H groups in total. The van der Waals surface area contributed by atoms with Crippen LogP contribution in [0.3, 0.4) is 0 Å². The zero-order valence-electron chi connectivity index (χ0n) is 49.2. The number of nitrogens with one attached hydrogen (secondary N) is 2. The van der Waals surface area contributed by atoms with E-state index in [-0.39, 0.29) is 75.7 Å². The number of carbonyl (C=O) groups excluding carboxylic acids is 2. The molecule has 0 aliphatic carbocycles. The third kappa shape index (κ3) is 13.7. The van der Waals surface area contributed by atoms with Crippen molar-refractivity contribution in [1.29, 1.82) is 0 Å². The van der Waals surface area contributed by atoms with Crippen molar-refractivity contribution in [2.75, 3.05) is 54.4 Å². The molecule has 1 amide bonds. The van der Waals surface area contributed by atoms with Gasteiger partial charge < -0.3 is 83.5 Å². The molecule has 7 rings (SSSR count). The first kappa shape index (κ1) is 63.7. The summed E-state index contributed by atoms with van der Waals surface area (Å²) in [5.74, 6) is -1.03. The summed E-state index contributed by atoms with van der Waals surface area (Å²) in [5.41, 5.74) is -4.46. The van der Waals surface area contributed by atoms with Crippen LogP contribution >= 0.6 is 11.6 Å². The number of carbonyl (C=O) groups is 2. The Balaban J connectivity index is 1.06. The number of aliphatic hydroxyl groups is 5. The molecule has 0 radical (unpaired) electrons. The molecule has 80 heavy (non-hydrogen) atoms. The van der Waals surface area contributed by atoms with Crippen molar-refractivity contribution in [1.82, 2.24) is 25.4 Å². The molecule has 0 spiro atoms. The number of amides is 1. The number of ether oxygens (including phenoxy) is 7. The van der Waals surface area contributed by atoms with Crippen LogP contribution in [0.1, 0.15) is 107 Å². The van der Waals surface area contributed by atoms with Crippen LogP contribution in [0, 0.1) is 17.8 Å². The van der Waals surface area contributed by atoms with Crippen LogP contribution in [-0.4, -0.2) is 196 Å². The van der Waals surface area contributed by atoms with E-state index in [0.29, 0.717) is 52.4 Å². The Morgan fingerprint density at radius 3 is 2.34 bits per heavy atom. The number of hydrogen-bond donors (Lipinski definition) is 7. The van der Waals surface area contributed by atoms with Gasteiger partial charge in [0.1, 0.15) is 52.3 Å². The Kier molecular flexibility index (Phi) is 20.7. The van der Waals surface area contributed by atoms with Crippen LogP contribution in [0.2, 0.25) is 5.02 Å². The largest absolute Gasteiger partial charge is 0.459 e. The number of para-hydroxylation sites is 1. The number of hydrogen-bond acceptors (Lipinski definition) is 19. The second-order valence-corrected chi connectivity index (χ2v) is 24.5. The minimum Gasteiger partial charge on any atom is -0.459 e. The summed E-state index contributed by atoms with van der Waals surface area (Å²) in [7, 11) is 7.07. The second-order valence-electron chi connectivity index (χ2n) is 24.1. The molecule has 0 bridgehead atoms. The van der Waals surface area contributed by atoms with Crippen LogP contribution in [-0.2, 0) is 44.4 Å². The van der Waals surface area contributed by atoms with Crippen LogP contribution in [0.5, 0.6) is 11.5 Å².